The van der Waals surface area contributed by atoms with E-state index in [1.165, 1.54) is 6.92 Å². The van der Waals surface area contributed by atoms with Gasteiger partial charge in [0.2, 0.25) is 17.7 Å². The summed E-state index contributed by atoms with van der Waals surface area (Å²) in [6, 6.07) is 0. The van der Waals surface area contributed by atoms with Crippen LogP contribution in [0.4, 0.5) is 0 Å². The number of aliphatic hydroxyl groups is 1. The third-order valence-electron chi connectivity index (χ3n) is 5.95. The van der Waals surface area contributed by atoms with Crippen molar-refractivity contribution in [3.05, 3.63) is 18.2 Å². The van der Waals surface area contributed by atoms with E-state index in [-0.39, 0.29) is 43.3 Å². The molecule has 2 fully saturated rings. The van der Waals surface area contributed by atoms with Crippen LogP contribution >= 0.6 is 0 Å². The van der Waals surface area contributed by atoms with Gasteiger partial charge in [-0.05, 0) is 0 Å². The van der Waals surface area contributed by atoms with Gasteiger partial charge in [0.15, 0.2) is 0 Å². The predicted octanol–water partition coefficient (Wildman–Crippen LogP) is -1.05. The molecule has 172 valence electrons. The average Bonchev–Trinajstić information content (AvgIpc) is 3.42. The Kier molecular flexibility index (Phi) is 8.55. The van der Waals surface area contributed by atoms with Gasteiger partial charge in [-0.3, -0.25) is 19.2 Å². The monoisotopic (exact) mass is 437 g/mol. The molecule has 0 saturated carbocycles. The van der Waals surface area contributed by atoms with E-state index < -0.39 is 5.41 Å². The van der Waals surface area contributed by atoms with Gasteiger partial charge in [0.05, 0.1) is 13.2 Å². The number of amides is 3. The number of rotatable bonds is 7. The molecule has 11 heteroatoms. The molecule has 0 aromatic carbocycles. The molecule has 0 aliphatic carbocycles. The Bertz CT molecular complexity index is 797. The van der Waals surface area contributed by atoms with Crippen molar-refractivity contribution in [3.63, 3.8) is 0 Å². The van der Waals surface area contributed by atoms with Crippen LogP contribution < -0.4 is 5.32 Å². The highest BCUT2D eigenvalue weighted by molar-refractivity contribution is 5.84. The number of hydrogen-bond donors (Lipinski definition) is 3. The number of hydrogen-bond acceptors (Lipinski definition) is 6. The van der Waals surface area contributed by atoms with Gasteiger partial charge in [-0.15, -0.1) is 0 Å². The number of aliphatic hydroxyl groups excluding tert-OH is 1. The van der Waals surface area contributed by atoms with Crippen LogP contribution in [0.25, 0.3) is 0 Å². The molecule has 1 aromatic heterocycles. The third-order valence-corrected chi connectivity index (χ3v) is 5.95. The summed E-state index contributed by atoms with van der Waals surface area (Å²) < 4.78 is 2.00. The smallest absolute Gasteiger partial charge is 0.290 e. The first-order chi connectivity index (χ1) is 14.8. The summed E-state index contributed by atoms with van der Waals surface area (Å²) in [5, 5.41) is 19.4. The number of nitrogens with zero attached hydrogens (tertiary/aromatic N) is 4. The molecule has 3 rings (SSSR count). The fourth-order valence-corrected chi connectivity index (χ4v) is 4.33. The summed E-state index contributed by atoms with van der Waals surface area (Å²) in [6.07, 6.45) is 4.85. The summed E-state index contributed by atoms with van der Waals surface area (Å²) in [7, 11) is 0. The molecule has 2 atom stereocenters. The Morgan fingerprint density at radius 1 is 1.26 bits per heavy atom. The highest BCUT2D eigenvalue weighted by Gasteiger charge is 2.53. The SMILES string of the molecule is CCc1nccn1CCC(=O)N1CC2CN(C(=O)CNC(C)=O)CC2(CO)C1.O=CO. The van der Waals surface area contributed by atoms with Gasteiger partial charge >= 0.3 is 0 Å². The summed E-state index contributed by atoms with van der Waals surface area (Å²) >= 11 is 0. The zero-order valence-electron chi connectivity index (χ0n) is 18.0. The second-order valence-corrected chi connectivity index (χ2v) is 7.92. The van der Waals surface area contributed by atoms with E-state index in [0.29, 0.717) is 39.1 Å². The molecule has 2 saturated heterocycles. The molecule has 3 heterocycles. The van der Waals surface area contributed by atoms with Crippen molar-refractivity contribution >= 4 is 24.2 Å². The fraction of sp³-hybridized carbons (Fsp3) is 0.650. The topological polar surface area (TPSA) is 145 Å². The van der Waals surface area contributed by atoms with Crippen molar-refractivity contribution in [3.8, 4) is 0 Å². The molecule has 2 unspecified atom stereocenters. The summed E-state index contributed by atoms with van der Waals surface area (Å²) in [4.78, 5) is 52.2. The van der Waals surface area contributed by atoms with Crippen LogP contribution in [0.2, 0.25) is 0 Å². The minimum atomic E-state index is -0.467. The van der Waals surface area contributed by atoms with Gasteiger partial charge in [-0.25, -0.2) is 4.98 Å². The maximum absolute atomic E-state index is 12.7. The number of carbonyl (C=O) groups is 4. The zero-order chi connectivity index (χ0) is 23.0. The Balaban J connectivity index is 0.00000107. The quantitative estimate of drug-likeness (QED) is 0.462. The largest absolute Gasteiger partial charge is 0.483 e. The van der Waals surface area contributed by atoms with Crippen LogP contribution in [0.5, 0.6) is 0 Å². The van der Waals surface area contributed by atoms with E-state index in [9.17, 15) is 19.5 Å². The zero-order valence-corrected chi connectivity index (χ0v) is 18.0. The number of nitrogens with one attached hydrogen (secondary N) is 1. The Morgan fingerprint density at radius 3 is 2.39 bits per heavy atom. The lowest BCUT2D eigenvalue weighted by Gasteiger charge is -2.27. The number of aryl methyl sites for hydroxylation is 2. The minimum Gasteiger partial charge on any atom is -0.483 e. The van der Waals surface area contributed by atoms with E-state index in [4.69, 9.17) is 9.90 Å². The molecule has 0 spiro atoms. The van der Waals surface area contributed by atoms with E-state index in [1.807, 2.05) is 22.6 Å². The van der Waals surface area contributed by atoms with Crippen molar-refractivity contribution in [1.82, 2.24) is 24.7 Å². The van der Waals surface area contributed by atoms with Crippen LogP contribution in [0.3, 0.4) is 0 Å². The maximum Gasteiger partial charge on any atom is 0.290 e. The maximum atomic E-state index is 12.7. The lowest BCUT2D eigenvalue weighted by Crippen LogP contribution is -2.43. The van der Waals surface area contributed by atoms with Crippen molar-refractivity contribution in [2.24, 2.45) is 11.3 Å². The van der Waals surface area contributed by atoms with Crippen LogP contribution in [0.1, 0.15) is 26.1 Å². The van der Waals surface area contributed by atoms with Crippen molar-refractivity contribution in [1.29, 1.82) is 0 Å². The van der Waals surface area contributed by atoms with Crippen molar-refractivity contribution in [2.45, 2.75) is 33.2 Å². The van der Waals surface area contributed by atoms with Gasteiger partial charge < -0.3 is 29.9 Å². The van der Waals surface area contributed by atoms with E-state index >= 15 is 0 Å². The molecule has 1 aromatic rings. The molecule has 2 aliphatic rings. The van der Waals surface area contributed by atoms with Gasteiger partial charge in [-0.2, -0.15) is 0 Å². The molecule has 3 N–H and O–H groups in total. The lowest BCUT2D eigenvalue weighted by molar-refractivity contribution is -0.133. The number of likely N-dealkylation sites (tertiary alicyclic amines) is 2. The van der Waals surface area contributed by atoms with Crippen LogP contribution in [0, 0.1) is 11.3 Å². The predicted molar refractivity (Wildman–Crippen MR) is 110 cm³/mol. The standard InChI is InChI=1S/C19H29N5O4.CH2O2/c1-3-16-20-5-7-22(16)6-4-17(27)23-9-15-10-24(12-19(15,11-23)13-25)18(28)8-21-14(2)26;2-1-3/h5,7,15,25H,3-4,6,8-13H2,1-2H3,(H,21,26);1H,(H,2,3). The van der Waals surface area contributed by atoms with Crippen LogP contribution in [-0.2, 0) is 32.1 Å². The Labute approximate surface area is 181 Å². The summed E-state index contributed by atoms with van der Waals surface area (Å²) in [5.74, 6) is 0.690. The number of imidazole rings is 1. The number of carbonyl (C=O) groups excluding carboxylic acids is 3. The number of aromatic nitrogens is 2. The summed E-state index contributed by atoms with van der Waals surface area (Å²) in [5.41, 5.74) is -0.467. The number of fused-ring (bicyclic) bond motifs is 1. The van der Waals surface area contributed by atoms with Crippen LogP contribution in [-0.4, -0.2) is 93.1 Å². The van der Waals surface area contributed by atoms with Gasteiger partial charge in [-0.1, -0.05) is 6.92 Å². The highest BCUT2D eigenvalue weighted by Crippen LogP contribution is 2.42. The highest BCUT2D eigenvalue weighted by atomic mass is 16.3. The Morgan fingerprint density at radius 2 is 1.87 bits per heavy atom. The first kappa shape index (κ1) is 24.3. The minimum absolute atomic E-state index is 0.0309. The average molecular weight is 437 g/mol. The lowest BCUT2D eigenvalue weighted by atomic mass is 9.82. The number of carboxylic acid groups (broad SMARTS) is 1. The second-order valence-electron chi connectivity index (χ2n) is 7.92. The van der Waals surface area contributed by atoms with E-state index in [2.05, 4.69) is 10.3 Å². The summed E-state index contributed by atoms with van der Waals surface area (Å²) in [6.45, 7) is 5.59. The molecule has 11 nitrogen and oxygen atoms in total. The van der Waals surface area contributed by atoms with E-state index in [0.717, 1.165) is 12.2 Å². The Hall–Kier alpha value is -2.95. The normalized spacial score (nSPS) is 21.8. The second kappa shape index (κ2) is 10.9. The van der Waals surface area contributed by atoms with Gasteiger partial charge in [0.1, 0.15) is 5.82 Å². The molecule has 2 aliphatic heterocycles. The molecule has 31 heavy (non-hydrogen) atoms. The fourth-order valence-electron chi connectivity index (χ4n) is 4.33. The van der Waals surface area contributed by atoms with E-state index in [1.54, 1.807) is 11.1 Å². The van der Waals surface area contributed by atoms with Crippen molar-refractivity contribution in [2.75, 3.05) is 39.3 Å². The first-order valence-corrected chi connectivity index (χ1v) is 10.3. The molecular formula is C20H31N5O6. The molecule has 3 amide bonds. The first-order valence-electron chi connectivity index (χ1n) is 10.3. The molecule has 0 bridgehead atoms. The van der Waals surface area contributed by atoms with Gasteiger partial charge in [0, 0.05) is 76.2 Å². The van der Waals surface area contributed by atoms with Crippen LogP contribution in [0.15, 0.2) is 12.4 Å². The molecular weight excluding hydrogens is 406 g/mol. The molecule has 0 radical (unpaired) electrons. The van der Waals surface area contributed by atoms with Gasteiger partial charge in [0.25, 0.3) is 6.47 Å². The third kappa shape index (κ3) is 5.81. The van der Waals surface area contributed by atoms with Crippen molar-refractivity contribution < 1.29 is 29.4 Å².